The third-order valence-electron chi connectivity index (χ3n) is 6.27. The first-order valence-corrected chi connectivity index (χ1v) is 13.6. The maximum atomic E-state index is 13.1. The van der Waals surface area contributed by atoms with E-state index in [1.807, 2.05) is 36.4 Å². The van der Waals surface area contributed by atoms with Crippen LogP contribution in [0.4, 0.5) is 0 Å². The largest absolute Gasteiger partial charge is 0.355 e. The van der Waals surface area contributed by atoms with Crippen LogP contribution in [-0.2, 0) is 21.2 Å². The van der Waals surface area contributed by atoms with Crippen molar-refractivity contribution in [1.82, 2.24) is 15.4 Å². The maximum Gasteiger partial charge on any atom is 0.240 e. The number of nitrogens with one attached hydrogen (secondary N) is 3. The van der Waals surface area contributed by atoms with Gasteiger partial charge in [-0.2, -0.15) is 0 Å². The summed E-state index contributed by atoms with van der Waals surface area (Å²) in [4.78, 5) is 13.2. The van der Waals surface area contributed by atoms with Crippen molar-refractivity contribution in [3.05, 3.63) is 101 Å². The van der Waals surface area contributed by atoms with Gasteiger partial charge in [-0.15, -0.1) is 0 Å². The molecule has 1 amide bonds. The summed E-state index contributed by atoms with van der Waals surface area (Å²) in [5.41, 5.74) is 2.39. The Bertz CT molecular complexity index is 1220. The molecule has 0 radical (unpaired) electrons. The van der Waals surface area contributed by atoms with E-state index in [2.05, 4.69) is 39.6 Å². The monoisotopic (exact) mass is 511 g/mol. The summed E-state index contributed by atoms with van der Waals surface area (Å²) in [6.07, 6.45) is 1.24. The summed E-state index contributed by atoms with van der Waals surface area (Å²) in [6, 6.07) is 26.2. The molecule has 3 aromatic rings. The fourth-order valence-electron chi connectivity index (χ4n) is 4.45. The molecule has 0 bridgehead atoms. The number of amides is 1. The summed E-state index contributed by atoms with van der Waals surface area (Å²) in [6.45, 7) is 1.48. The Morgan fingerprint density at radius 1 is 0.971 bits per heavy atom. The molecular formula is C27H30ClN3O3S. The van der Waals surface area contributed by atoms with Crippen LogP contribution in [0.15, 0.2) is 89.8 Å². The van der Waals surface area contributed by atoms with Crippen LogP contribution in [0.5, 0.6) is 0 Å². The predicted molar refractivity (Wildman–Crippen MR) is 139 cm³/mol. The number of rotatable bonds is 9. The number of carbonyl (C=O) groups excluding carboxylic acids is 1. The second kappa shape index (κ2) is 11.8. The summed E-state index contributed by atoms with van der Waals surface area (Å²) < 4.78 is 28.3. The van der Waals surface area contributed by atoms with Crippen molar-refractivity contribution in [1.29, 1.82) is 0 Å². The molecule has 6 nitrogen and oxygen atoms in total. The van der Waals surface area contributed by atoms with E-state index < -0.39 is 16.1 Å². The fourth-order valence-corrected chi connectivity index (χ4v) is 6.00. The van der Waals surface area contributed by atoms with Crippen LogP contribution in [0.3, 0.4) is 0 Å². The van der Waals surface area contributed by atoms with Crippen LogP contribution in [0.1, 0.15) is 23.5 Å². The standard InChI is InChI=1S/C27H30ClN3O3S/c28-24-12-7-13-26(16-24)35(33,34)31-25-15-23(17-29-19-25)27(32)30-18-22(21-10-5-2-6-11-21)14-20-8-3-1-4-9-20/h1-13,16,22-23,25,29,31H,14-15,17-19H2,(H,30,32). The highest BCUT2D eigenvalue weighted by atomic mass is 35.5. The van der Waals surface area contributed by atoms with Crippen molar-refractivity contribution in [2.24, 2.45) is 5.92 Å². The SMILES string of the molecule is O=C(NCC(Cc1ccccc1)c1ccccc1)C1CNCC(NS(=O)(=O)c2cccc(Cl)c2)C1. The first kappa shape index (κ1) is 25.4. The second-order valence-corrected chi connectivity index (χ2v) is 11.1. The van der Waals surface area contributed by atoms with Gasteiger partial charge in [0.15, 0.2) is 0 Å². The fraction of sp³-hybridized carbons (Fsp3) is 0.296. The molecule has 35 heavy (non-hydrogen) atoms. The van der Waals surface area contributed by atoms with Crippen molar-refractivity contribution in [3.63, 3.8) is 0 Å². The van der Waals surface area contributed by atoms with Crippen molar-refractivity contribution in [2.45, 2.75) is 29.7 Å². The Morgan fingerprint density at radius 2 is 1.69 bits per heavy atom. The lowest BCUT2D eigenvalue weighted by Gasteiger charge is -2.30. The Morgan fingerprint density at radius 3 is 2.40 bits per heavy atom. The number of piperidine rings is 1. The van der Waals surface area contributed by atoms with E-state index in [0.717, 1.165) is 6.42 Å². The molecule has 0 aliphatic carbocycles. The van der Waals surface area contributed by atoms with Crippen LogP contribution in [0, 0.1) is 5.92 Å². The van der Waals surface area contributed by atoms with Gasteiger partial charge in [-0.3, -0.25) is 4.79 Å². The highest BCUT2D eigenvalue weighted by molar-refractivity contribution is 7.89. The number of hydrogen-bond donors (Lipinski definition) is 3. The molecule has 3 aromatic carbocycles. The topological polar surface area (TPSA) is 87.3 Å². The van der Waals surface area contributed by atoms with Gasteiger partial charge in [0.1, 0.15) is 0 Å². The van der Waals surface area contributed by atoms with Crippen molar-refractivity contribution in [2.75, 3.05) is 19.6 Å². The van der Waals surface area contributed by atoms with E-state index in [1.165, 1.54) is 23.3 Å². The van der Waals surface area contributed by atoms with E-state index in [0.29, 0.717) is 31.1 Å². The Hall–Kier alpha value is -2.71. The van der Waals surface area contributed by atoms with Crippen LogP contribution in [0.25, 0.3) is 0 Å². The highest BCUT2D eigenvalue weighted by Gasteiger charge is 2.30. The molecule has 8 heteroatoms. The van der Waals surface area contributed by atoms with Crippen molar-refractivity contribution >= 4 is 27.5 Å². The normalized spacial score (nSPS) is 19.1. The minimum absolute atomic E-state index is 0.0712. The summed E-state index contributed by atoms with van der Waals surface area (Å²) in [7, 11) is -3.73. The maximum absolute atomic E-state index is 13.1. The number of hydrogen-bond acceptors (Lipinski definition) is 4. The third-order valence-corrected chi connectivity index (χ3v) is 8.02. The van der Waals surface area contributed by atoms with Gasteiger partial charge in [0, 0.05) is 36.6 Å². The average molecular weight is 512 g/mol. The van der Waals surface area contributed by atoms with Gasteiger partial charge in [-0.05, 0) is 42.2 Å². The van der Waals surface area contributed by atoms with Crippen LogP contribution in [0.2, 0.25) is 5.02 Å². The molecule has 0 spiro atoms. The first-order valence-electron chi connectivity index (χ1n) is 11.8. The molecule has 3 atom stereocenters. The molecule has 0 saturated carbocycles. The predicted octanol–water partition coefficient (Wildman–Crippen LogP) is 3.74. The van der Waals surface area contributed by atoms with Gasteiger partial charge in [-0.25, -0.2) is 13.1 Å². The van der Waals surface area contributed by atoms with Gasteiger partial charge in [-0.1, -0.05) is 78.3 Å². The van der Waals surface area contributed by atoms with Crippen molar-refractivity contribution in [3.8, 4) is 0 Å². The molecule has 1 aliphatic rings. The zero-order valence-corrected chi connectivity index (χ0v) is 20.9. The Labute approximate surface area is 212 Å². The Balaban J connectivity index is 1.37. The van der Waals surface area contributed by atoms with E-state index >= 15 is 0 Å². The lowest BCUT2D eigenvalue weighted by atomic mass is 9.91. The van der Waals surface area contributed by atoms with Crippen LogP contribution < -0.4 is 15.4 Å². The van der Waals surface area contributed by atoms with Crippen molar-refractivity contribution < 1.29 is 13.2 Å². The number of carbonyl (C=O) groups is 1. The van der Waals surface area contributed by atoms with Crippen LogP contribution >= 0.6 is 11.6 Å². The minimum Gasteiger partial charge on any atom is -0.355 e. The smallest absolute Gasteiger partial charge is 0.240 e. The van der Waals surface area contributed by atoms with E-state index in [1.54, 1.807) is 12.1 Å². The second-order valence-electron chi connectivity index (χ2n) is 8.91. The van der Waals surface area contributed by atoms with Gasteiger partial charge >= 0.3 is 0 Å². The molecule has 1 saturated heterocycles. The molecular weight excluding hydrogens is 482 g/mol. The first-order chi connectivity index (χ1) is 16.9. The Kier molecular flexibility index (Phi) is 8.57. The molecule has 1 fully saturated rings. The van der Waals surface area contributed by atoms with Gasteiger partial charge in [0.05, 0.1) is 10.8 Å². The lowest BCUT2D eigenvalue weighted by molar-refractivity contribution is -0.125. The molecule has 0 aromatic heterocycles. The molecule has 1 heterocycles. The summed E-state index contributed by atoms with van der Waals surface area (Å²) in [5, 5.41) is 6.67. The third kappa shape index (κ3) is 7.15. The molecule has 184 valence electrons. The van der Waals surface area contributed by atoms with Gasteiger partial charge in [0.25, 0.3) is 0 Å². The van der Waals surface area contributed by atoms with E-state index in [4.69, 9.17) is 11.6 Å². The number of halogens is 1. The average Bonchev–Trinajstić information content (AvgIpc) is 2.87. The van der Waals surface area contributed by atoms with Crippen LogP contribution in [-0.4, -0.2) is 40.0 Å². The molecule has 3 unspecified atom stereocenters. The quantitative estimate of drug-likeness (QED) is 0.408. The number of sulfonamides is 1. The minimum atomic E-state index is -3.73. The molecule has 3 N–H and O–H groups in total. The summed E-state index contributed by atoms with van der Waals surface area (Å²) >= 11 is 5.96. The number of benzene rings is 3. The summed E-state index contributed by atoms with van der Waals surface area (Å²) in [5.74, 6) is -0.265. The van der Waals surface area contributed by atoms with Gasteiger partial charge < -0.3 is 10.6 Å². The highest BCUT2D eigenvalue weighted by Crippen LogP contribution is 2.22. The molecule has 4 rings (SSSR count). The van der Waals surface area contributed by atoms with E-state index in [-0.39, 0.29) is 22.6 Å². The molecule has 1 aliphatic heterocycles. The van der Waals surface area contributed by atoms with Gasteiger partial charge in [0.2, 0.25) is 15.9 Å². The lowest BCUT2D eigenvalue weighted by Crippen LogP contribution is -2.52. The zero-order valence-electron chi connectivity index (χ0n) is 19.4. The zero-order chi connectivity index (χ0) is 24.7. The van der Waals surface area contributed by atoms with E-state index in [9.17, 15) is 13.2 Å².